The van der Waals surface area contributed by atoms with Gasteiger partial charge in [-0.2, -0.15) is 0 Å². The number of oxazole rings is 1. The zero-order valence-electron chi connectivity index (χ0n) is 19.6. The molecule has 2 fully saturated rings. The molecule has 9 heteroatoms. The topological polar surface area (TPSA) is 135 Å². The first-order valence-corrected chi connectivity index (χ1v) is 12.0. The van der Waals surface area contributed by atoms with E-state index in [4.69, 9.17) is 9.83 Å². The van der Waals surface area contributed by atoms with E-state index in [0.717, 1.165) is 43.3 Å². The molecular weight excluding hydrogens is 446 g/mol. The van der Waals surface area contributed by atoms with Crippen molar-refractivity contribution in [3.63, 3.8) is 0 Å². The van der Waals surface area contributed by atoms with Crippen molar-refractivity contribution in [3.8, 4) is 0 Å². The van der Waals surface area contributed by atoms with Crippen molar-refractivity contribution in [2.75, 3.05) is 0 Å². The lowest BCUT2D eigenvalue weighted by Gasteiger charge is -2.36. The van der Waals surface area contributed by atoms with Gasteiger partial charge in [-0.1, -0.05) is 0 Å². The van der Waals surface area contributed by atoms with Gasteiger partial charge in [-0.3, -0.25) is 10.0 Å². The van der Waals surface area contributed by atoms with Crippen LogP contribution in [0.5, 0.6) is 0 Å². The molecule has 2 aromatic rings. The molecule has 0 spiro atoms. The molecule has 2 heterocycles. The van der Waals surface area contributed by atoms with E-state index in [9.17, 15) is 15.1 Å². The van der Waals surface area contributed by atoms with Gasteiger partial charge in [0, 0.05) is 41.6 Å². The number of aromatic nitrogens is 2. The first-order valence-electron chi connectivity index (χ1n) is 12.0. The van der Waals surface area contributed by atoms with E-state index < -0.39 is 11.5 Å². The molecule has 9 nitrogen and oxygen atoms in total. The maximum atomic E-state index is 13.0. The summed E-state index contributed by atoms with van der Waals surface area (Å²) in [6.45, 7) is 1.69. The normalized spacial score (nSPS) is 25.7. The number of hydrogen-bond acceptors (Lipinski definition) is 7. The Kier molecular flexibility index (Phi) is 6.02. The zero-order chi connectivity index (χ0) is 24.6. The average molecular weight is 477 g/mol. The lowest BCUT2D eigenvalue weighted by molar-refractivity contribution is -0.909. The van der Waals surface area contributed by atoms with Gasteiger partial charge in [-0.25, -0.2) is 4.98 Å². The minimum Gasteiger partial charge on any atom is -0.444 e. The maximum Gasteiger partial charge on any atom is 0.325 e. The van der Waals surface area contributed by atoms with Gasteiger partial charge in [0.05, 0.1) is 28.8 Å². The van der Waals surface area contributed by atoms with Crippen LogP contribution in [0, 0.1) is 18.3 Å². The van der Waals surface area contributed by atoms with Crippen LogP contribution in [0.3, 0.4) is 0 Å². The molecule has 5 N–H and O–H groups in total. The molecule has 2 aromatic heterocycles. The highest BCUT2D eigenvalue weighted by atomic mass is 16.5. The van der Waals surface area contributed by atoms with Crippen LogP contribution in [-0.4, -0.2) is 38.6 Å². The summed E-state index contributed by atoms with van der Waals surface area (Å²) in [4.78, 5) is 17.2. The minimum atomic E-state index is -0.507. The monoisotopic (exact) mass is 476 g/mol. The van der Waals surface area contributed by atoms with Crippen molar-refractivity contribution < 1.29 is 24.3 Å². The third kappa shape index (κ3) is 4.77. The van der Waals surface area contributed by atoms with Gasteiger partial charge in [-0.05, 0) is 62.7 Å². The average Bonchev–Trinajstić information content (AvgIpc) is 3.58. The van der Waals surface area contributed by atoms with E-state index in [0.29, 0.717) is 28.5 Å². The number of carbonyl (C=O) groups is 1. The Morgan fingerprint density at radius 1 is 1.26 bits per heavy atom. The molecule has 0 unspecified atom stereocenters. The van der Waals surface area contributed by atoms with E-state index in [-0.39, 0.29) is 23.3 Å². The van der Waals surface area contributed by atoms with E-state index in [1.807, 2.05) is 0 Å². The highest BCUT2D eigenvalue weighted by molar-refractivity contribution is 6.16. The van der Waals surface area contributed by atoms with Gasteiger partial charge in [0.25, 0.3) is 0 Å². The van der Waals surface area contributed by atoms with Crippen LogP contribution in [0.2, 0.25) is 0 Å². The fraction of sp³-hybridized carbons (Fsp3) is 0.385. The standard InChI is InChI=1S/C26H29N5O4/c1-16-3-2-4-23(31(16)34)24(32)30-22-13-17(21(27)14-20(22)25-28-11-12-35-25)15-29-19-7-9-26(33,10-8-19)18-5-6-18/h2-4,11-15,18-19,27,32-34H,5-10H2,1H3/p+1/t19-,26-. The van der Waals surface area contributed by atoms with Crippen molar-refractivity contribution in [3.05, 3.63) is 77.6 Å². The molecule has 0 atom stereocenters. The molecule has 182 valence electrons. The summed E-state index contributed by atoms with van der Waals surface area (Å²) in [7, 11) is 0. The SMILES string of the molecule is Cc1cccc(C(=O)NC2=C/C(=C/N[C@H]3CC[C@@](O)(C4CC4)CC3)C(=N)C=C2c2ncco2)[n+]1O. The summed E-state index contributed by atoms with van der Waals surface area (Å²) >= 11 is 0. The summed E-state index contributed by atoms with van der Waals surface area (Å²) in [6.07, 6.45) is 13.6. The number of nitrogens with one attached hydrogen (secondary N) is 3. The number of carbonyl (C=O) groups excluding carboxylic acids is 1. The number of hydrogen-bond donors (Lipinski definition) is 5. The van der Waals surface area contributed by atoms with Crippen molar-refractivity contribution in [2.45, 2.75) is 57.1 Å². The number of rotatable bonds is 6. The first kappa shape index (κ1) is 23.0. The van der Waals surface area contributed by atoms with E-state index in [1.54, 1.807) is 37.4 Å². The molecule has 0 radical (unpaired) electrons. The Labute approximate surface area is 203 Å². The Balaban J connectivity index is 1.35. The quantitative estimate of drug-likeness (QED) is 0.321. The lowest BCUT2D eigenvalue weighted by Crippen LogP contribution is -2.44. The second-order valence-corrected chi connectivity index (χ2v) is 9.60. The predicted molar refractivity (Wildman–Crippen MR) is 127 cm³/mol. The van der Waals surface area contributed by atoms with Gasteiger partial charge < -0.3 is 25.6 Å². The highest BCUT2D eigenvalue weighted by Gasteiger charge is 2.45. The van der Waals surface area contributed by atoms with Crippen LogP contribution < -0.4 is 15.4 Å². The van der Waals surface area contributed by atoms with E-state index in [1.165, 1.54) is 18.5 Å². The lowest BCUT2D eigenvalue weighted by atomic mass is 9.79. The van der Waals surface area contributed by atoms with E-state index in [2.05, 4.69) is 15.6 Å². The Hall–Kier alpha value is -3.72. The molecule has 0 bridgehead atoms. The highest BCUT2D eigenvalue weighted by Crippen LogP contribution is 2.47. The van der Waals surface area contributed by atoms with Crippen LogP contribution in [0.25, 0.3) is 5.57 Å². The van der Waals surface area contributed by atoms with Crippen LogP contribution in [0.4, 0.5) is 0 Å². The maximum absolute atomic E-state index is 13.0. The summed E-state index contributed by atoms with van der Waals surface area (Å²) in [5.41, 5.74) is 1.82. The molecular formula is C26H30N5O4+. The third-order valence-electron chi connectivity index (χ3n) is 7.15. The van der Waals surface area contributed by atoms with Gasteiger partial charge in [-0.15, -0.1) is 0 Å². The number of nitrogens with zero attached hydrogens (tertiary/aromatic N) is 2. The molecule has 1 amide bonds. The van der Waals surface area contributed by atoms with Crippen molar-refractivity contribution in [1.82, 2.24) is 15.6 Å². The summed E-state index contributed by atoms with van der Waals surface area (Å²) in [5, 5.41) is 35.8. The molecule has 3 aliphatic carbocycles. The molecule has 0 aliphatic heterocycles. The molecule has 2 saturated carbocycles. The van der Waals surface area contributed by atoms with Crippen LogP contribution >= 0.6 is 0 Å². The number of aliphatic hydroxyl groups is 1. The van der Waals surface area contributed by atoms with Gasteiger partial charge in [0.2, 0.25) is 11.6 Å². The Morgan fingerprint density at radius 3 is 2.71 bits per heavy atom. The molecule has 35 heavy (non-hydrogen) atoms. The second-order valence-electron chi connectivity index (χ2n) is 9.60. The largest absolute Gasteiger partial charge is 0.444 e. The predicted octanol–water partition coefficient (Wildman–Crippen LogP) is 2.80. The fourth-order valence-electron chi connectivity index (χ4n) is 4.86. The summed E-state index contributed by atoms with van der Waals surface area (Å²) in [6, 6.07) is 5.13. The molecule has 5 rings (SSSR count). The second kappa shape index (κ2) is 9.14. The number of aryl methyl sites for hydroxylation is 1. The van der Waals surface area contributed by atoms with Crippen LogP contribution in [0.15, 0.2) is 64.7 Å². The first-order chi connectivity index (χ1) is 16.8. The third-order valence-corrected chi connectivity index (χ3v) is 7.15. The van der Waals surface area contributed by atoms with Gasteiger partial charge in [0.15, 0.2) is 0 Å². The van der Waals surface area contributed by atoms with Crippen molar-refractivity contribution in [2.24, 2.45) is 5.92 Å². The summed E-state index contributed by atoms with van der Waals surface area (Å²) < 4.78 is 6.27. The Morgan fingerprint density at radius 2 is 2.03 bits per heavy atom. The fourth-order valence-corrected chi connectivity index (χ4v) is 4.86. The van der Waals surface area contributed by atoms with Gasteiger partial charge in [0.1, 0.15) is 6.26 Å². The Bertz CT molecular complexity index is 1230. The number of allylic oxidation sites excluding steroid dienone is 4. The number of amides is 1. The molecule has 0 aromatic carbocycles. The minimum absolute atomic E-state index is 0.0762. The molecule has 3 aliphatic rings. The van der Waals surface area contributed by atoms with E-state index >= 15 is 0 Å². The van der Waals surface area contributed by atoms with Crippen molar-refractivity contribution in [1.29, 1.82) is 5.41 Å². The molecule has 0 saturated heterocycles. The van der Waals surface area contributed by atoms with Crippen LogP contribution in [-0.2, 0) is 0 Å². The van der Waals surface area contributed by atoms with Gasteiger partial charge >= 0.3 is 11.6 Å². The zero-order valence-corrected chi connectivity index (χ0v) is 19.6. The summed E-state index contributed by atoms with van der Waals surface area (Å²) in [5.74, 6) is 0.237. The smallest absolute Gasteiger partial charge is 0.325 e. The van der Waals surface area contributed by atoms with Crippen LogP contribution in [0.1, 0.15) is 60.6 Å². The van der Waals surface area contributed by atoms with Crippen molar-refractivity contribution >= 4 is 17.2 Å². The number of pyridine rings is 1.